The van der Waals surface area contributed by atoms with Gasteiger partial charge in [0.25, 0.3) is 0 Å². The van der Waals surface area contributed by atoms with E-state index < -0.39 is 0 Å². The van der Waals surface area contributed by atoms with Crippen molar-refractivity contribution >= 4 is 0 Å². The number of hydrogen-bond donors (Lipinski definition) is 1. The van der Waals surface area contributed by atoms with Gasteiger partial charge in [0.1, 0.15) is 0 Å². The van der Waals surface area contributed by atoms with Gasteiger partial charge in [0, 0.05) is 38.9 Å². The maximum atomic E-state index is 6.14. The van der Waals surface area contributed by atoms with Gasteiger partial charge in [-0.05, 0) is 32.6 Å². The molecule has 0 heterocycles. The van der Waals surface area contributed by atoms with Gasteiger partial charge in [-0.15, -0.1) is 0 Å². The number of nitrogens with two attached hydrogens (primary N) is 1. The van der Waals surface area contributed by atoms with E-state index in [0.29, 0.717) is 6.04 Å². The highest BCUT2D eigenvalue weighted by Crippen LogP contribution is 2.27. The smallest absolute Gasteiger partial charge is 0.0593 e. The molecule has 1 saturated carbocycles. The summed E-state index contributed by atoms with van der Waals surface area (Å²) in [6.45, 7) is 9.97. The predicted octanol–water partition coefficient (Wildman–Crippen LogP) is 2.66. The van der Waals surface area contributed by atoms with Crippen LogP contribution < -0.4 is 5.73 Å². The molecule has 21 heavy (non-hydrogen) atoms. The first-order chi connectivity index (χ1) is 10.3. The van der Waals surface area contributed by atoms with Crippen LogP contribution in [-0.2, 0) is 9.47 Å². The number of hydrogen-bond acceptors (Lipinski definition) is 4. The molecule has 0 spiro atoms. The molecule has 4 nitrogen and oxygen atoms in total. The van der Waals surface area contributed by atoms with Crippen LogP contribution >= 0.6 is 0 Å². The lowest BCUT2D eigenvalue weighted by Gasteiger charge is -2.36. The Labute approximate surface area is 131 Å². The minimum atomic E-state index is 0.490. The van der Waals surface area contributed by atoms with Gasteiger partial charge in [-0.3, -0.25) is 4.90 Å². The fourth-order valence-corrected chi connectivity index (χ4v) is 3.43. The number of rotatable bonds is 11. The van der Waals surface area contributed by atoms with Crippen molar-refractivity contribution in [2.75, 3.05) is 46.1 Å². The zero-order chi connectivity index (χ0) is 15.3. The minimum Gasteiger partial charge on any atom is -0.380 e. The Morgan fingerprint density at radius 2 is 1.48 bits per heavy atom. The van der Waals surface area contributed by atoms with E-state index in [-0.39, 0.29) is 0 Å². The summed E-state index contributed by atoms with van der Waals surface area (Å²) in [7, 11) is 0. The monoisotopic (exact) mass is 300 g/mol. The second-order valence-corrected chi connectivity index (χ2v) is 5.98. The summed E-state index contributed by atoms with van der Waals surface area (Å²) in [6, 6.07) is 0.490. The molecule has 0 aliphatic heterocycles. The first kappa shape index (κ1) is 18.9. The maximum Gasteiger partial charge on any atom is 0.0593 e. The molecule has 2 N–H and O–H groups in total. The maximum absolute atomic E-state index is 6.14. The quantitative estimate of drug-likeness (QED) is 0.471. The topological polar surface area (TPSA) is 47.7 Å². The summed E-state index contributed by atoms with van der Waals surface area (Å²) in [5, 5.41) is 0. The lowest BCUT2D eigenvalue weighted by molar-refractivity contribution is 0.0463. The Morgan fingerprint density at radius 3 is 1.90 bits per heavy atom. The SMILES string of the molecule is CCOCCN(CCOCC)C(CN)C1CCCCCC1. The van der Waals surface area contributed by atoms with Gasteiger partial charge in [-0.1, -0.05) is 25.7 Å². The van der Waals surface area contributed by atoms with Crippen LogP contribution in [0.2, 0.25) is 0 Å². The van der Waals surface area contributed by atoms with Gasteiger partial charge >= 0.3 is 0 Å². The Kier molecular flexibility index (Phi) is 11.1. The average Bonchev–Trinajstić information content (AvgIpc) is 2.77. The van der Waals surface area contributed by atoms with E-state index in [4.69, 9.17) is 15.2 Å². The second kappa shape index (κ2) is 12.4. The molecule has 1 aliphatic rings. The van der Waals surface area contributed by atoms with Crippen molar-refractivity contribution in [2.45, 2.75) is 58.4 Å². The third kappa shape index (κ3) is 7.59. The van der Waals surface area contributed by atoms with Crippen molar-refractivity contribution in [3.63, 3.8) is 0 Å². The zero-order valence-corrected chi connectivity index (χ0v) is 14.2. The Bertz CT molecular complexity index is 221. The molecular formula is C17H36N2O2. The molecule has 1 aliphatic carbocycles. The van der Waals surface area contributed by atoms with Gasteiger partial charge < -0.3 is 15.2 Å². The molecule has 0 saturated heterocycles. The standard InChI is InChI=1S/C17H36N2O2/c1-3-20-13-11-19(12-14-21-4-2)17(15-18)16-9-7-5-6-8-10-16/h16-17H,3-15,18H2,1-2H3. The number of nitrogens with zero attached hydrogens (tertiary/aromatic N) is 1. The molecule has 1 atom stereocenters. The van der Waals surface area contributed by atoms with Crippen LogP contribution in [-0.4, -0.2) is 57.0 Å². The van der Waals surface area contributed by atoms with Crippen molar-refractivity contribution in [1.29, 1.82) is 0 Å². The van der Waals surface area contributed by atoms with E-state index >= 15 is 0 Å². The van der Waals surface area contributed by atoms with Crippen molar-refractivity contribution in [3.8, 4) is 0 Å². The Hall–Kier alpha value is -0.160. The van der Waals surface area contributed by atoms with Crippen LogP contribution in [0, 0.1) is 5.92 Å². The number of ether oxygens (including phenoxy) is 2. The molecule has 0 bridgehead atoms. The third-order valence-electron chi connectivity index (χ3n) is 4.61. The van der Waals surface area contributed by atoms with Crippen molar-refractivity contribution in [2.24, 2.45) is 11.7 Å². The third-order valence-corrected chi connectivity index (χ3v) is 4.61. The lowest BCUT2D eigenvalue weighted by atomic mass is 9.90. The molecule has 1 unspecified atom stereocenters. The summed E-state index contributed by atoms with van der Waals surface area (Å²) in [6.07, 6.45) is 8.19. The summed E-state index contributed by atoms with van der Waals surface area (Å²) in [4.78, 5) is 2.52. The van der Waals surface area contributed by atoms with Crippen LogP contribution in [0.15, 0.2) is 0 Å². The van der Waals surface area contributed by atoms with Gasteiger partial charge in [0.2, 0.25) is 0 Å². The molecular weight excluding hydrogens is 264 g/mol. The first-order valence-corrected chi connectivity index (χ1v) is 8.93. The van der Waals surface area contributed by atoms with E-state index in [9.17, 15) is 0 Å². The highest BCUT2D eigenvalue weighted by Gasteiger charge is 2.26. The lowest BCUT2D eigenvalue weighted by Crippen LogP contribution is -2.48. The summed E-state index contributed by atoms with van der Waals surface area (Å²) in [5.74, 6) is 0.751. The van der Waals surface area contributed by atoms with Crippen LogP contribution in [0.25, 0.3) is 0 Å². The van der Waals surface area contributed by atoms with E-state index in [1.54, 1.807) is 0 Å². The highest BCUT2D eigenvalue weighted by molar-refractivity contribution is 4.82. The molecule has 126 valence electrons. The normalized spacial score (nSPS) is 18.9. The minimum absolute atomic E-state index is 0.490. The molecule has 0 aromatic carbocycles. The van der Waals surface area contributed by atoms with Crippen LogP contribution in [0.1, 0.15) is 52.4 Å². The Balaban J connectivity index is 2.55. The first-order valence-electron chi connectivity index (χ1n) is 8.93. The van der Waals surface area contributed by atoms with E-state index in [1.165, 1.54) is 38.5 Å². The van der Waals surface area contributed by atoms with Gasteiger partial charge in [-0.25, -0.2) is 0 Å². The van der Waals surface area contributed by atoms with E-state index in [1.807, 2.05) is 0 Å². The van der Waals surface area contributed by atoms with Gasteiger partial charge in [0.15, 0.2) is 0 Å². The molecule has 1 fully saturated rings. The largest absolute Gasteiger partial charge is 0.380 e. The summed E-state index contributed by atoms with van der Waals surface area (Å²) < 4.78 is 11.1. The van der Waals surface area contributed by atoms with Crippen LogP contribution in [0.5, 0.6) is 0 Å². The van der Waals surface area contributed by atoms with Gasteiger partial charge in [-0.2, -0.15) is 0 Å². The highest BCUT2D eigenvalue weighted by atomic mass is 16.5. The van der Waals surface area contributed by atoms with Crippen LogP contribution in [0.4, 0.5) is 0 Å². The van der Waals surface area contributed by atoms with Crippen molar-refractivity contribution in [1.82, 2.24) is 4.90 Å². The van der Waals surface area contributed by atoms with Gasteiger partial charge in [0.05, 0.1) is 13.2 Å². The van der Waals surface area contributed by atoms with E-state index in [0.717, 1.165) is 52.0 Å². The molecule has 0 aromatic rings. The van der Waals surface area contributed by atoms with Crippen molar-refractivity contribution < 1.29 is 9.47 Å². The molecule has 0 radical (unpaired) electrons. The predicted molar refractivity (Wildman–Crippen MR) is 88.6 cm³/mol. The molecule has 0 amide bonds. The zero-order valence-electron chi connectivity index (χ0n) is 14.2. The molecule has 0 aromatic heterocycles. The van der Waals surface area contributed by atoms with Crippen molar-refractivity contribution in [3.05, 3.63) is 0 Å². The second-order valence-electron chi connectivity index (χ2n) is 5.98. The summed E-state index contributed by atoms with van der Waals surface area (Å²) in [5.41, 5.74) is 6.14. The van der Waals surface area contributed by atoms with E-state index in [2.05, 4.69) is 18.7 Å². The Morgan fingerprint density at radius 1 is 0.952 bits per heavy atom. The fourth-order valence-electron chi connectivity index (χ4n) is 3.43. The molecule has 4 heteroatoms. The fraction of sp³-hybridized carbons (Fsp3) is 1.00. The van der Waals surface area contributed by atoms with Crippen LogP contribution in [0.3, 0.4) is 0 Å². The summed E-state index contributed by atoms with van der Waals surface area (Å²) >= 11 is 0. The molecule has 1 rings (SSSR count). The average molecular weight is 300 g/mol.